The van der Waals surface area contributed by atoms with Crippen LogP contribution in [-0.2, 0) is 21.2 Å². The first-order valence-electron chi connectivity index (χ1n) is 7.49. The maximum Gasteiger partial charge on any atom is 0.261 e. The van der Waals surface area contributed by atoms with Crippen LogP contribution < -0.4 is 10.9 Å². The molecular weight excluding hydrogens is 361 g/mol. The second kappa shape index (κ2) is 6.68. The molecule has 1 amide bonds. The van der Waals surface area contributed by atoms with Crippen molar-refractivity contribution < 1.29 is 17.6 Å². The zero-order valence-electron chi connectivity index (χ0n) is 13.6. The molecule has 0 bridgehead atoms. The van der Waals surface area contributed by atoms with Gasteiger partial charge in [-0.1, -0.05) is 0 Å². The molecule has 26 heavy (non-hydrogen) atoms. The first-order chi connectivity index (χ1) is 12.2. The molecule has 0 radical (unpaired) electrons. The van der Waals surface area contributed by atoms with E-state index in [1.165, 1.54) is 36.7 Å². The molecule has 1 aromatic heterocycles. The number of hydrogen-bond donors (Lipinski definition) is 1. The van der Waals surface area contributed by atoms with E-state index in [9.17, 15) is 22.4 Å². The number of nitrogens with zero attached hydrogens (tertiary/aromatic N) is 2. The van der Waals surface area contributed by atoms with Gasteiger partial charge in [0.2, 0.25) is 5.91 Å². The van der Waals surface area contributed by atoms with E-state index < -0.39 is 27.1 Å². The van der Waals surface area contributed by atoms with Gasteiger partial charge in [0.1, 0.15) is 12.4 Å². The Labute approximate surface area is 148 Å². The summed E-state index contributed by atoms with van der Waals surface area (Å²) in [6.45, 7) is -0.285. The Bertz CT molecular complexity index is 1150. The van der Waals surface area contributed by atoms with Crippen molar-refractivity contribution in [3.8, 4) is 0 Å². The van der Waals surface area contributed by atoms with Crippen LogP contribution >= 0.6 is 0 Å². The molecule has 134 valence electrons. The summed E-state index contributed by atoms with van der Waals surface area (Å²) in [6, 6.07) is 9.28. The molecule has 0 spiro atoms. The van der Waals surface area contributed by atoms with Gasteiger partial charge in [-0.25, -0.2) is 17.8 Å². The maximum atomic E-state index is 13.2. The molecule has 0 aliphatic rings. The number of benzene rings is 2. The lowest BCUT2D eigenvalue weighted by Crippen LogP contribution is -2.27. The minimum absolute atomic E-state index is 0.137. The van der Waals surface area contributed by atoms with E-state index >= 15 is 0 Å². The van der Waals surface area contributed by atoms with Gasteiger partial charge in [-0.2, -0.15) is 0 Å². The molecule has 1 N–H and O–H groups in total. The van der Waals surface area contributed by atoms with Crippen LogP contribution in [0.4, 0.5) is 10.1 Å². The fourth-order valence-electron chi connectivity index (χ4n) is 2.38. The molecule has 0 saturated heterocycles. The molecule has 0 atom stereocenters. The highest BCUT2D eigenvalue weighted by molar-refractivity contribution is 7.90. The van der Waals surface area contributed by atoms with Crippen LogP contribution in [0, 0.1) is 5.82 Å². The van der Waals surface area contributed by atoms with E-state index in [-0.39, 0.29) is 22.3 Å². The predicted octanol–water partition coefficient (Wildman–Crippen LogP) is 1.58. The normalized spacial score (nSPS) is 11.5. The summed E-state index contributed by atoms with van der Waals surface area (Å²) in [7, 11) is -3.32. The number of carbonyl (C=O) groups excluding carboxylic acids is 1. The number of halogens is 1. The number of carbonyl (C=O) groups is 1. The van der Waals surface area contributed by atoms with Gasteiger partial charge < -0.3 is 5.32 Å². The third-order valence-electron chi connectivity index (χ3n) is 3.67. The molecule has 1 heterocycles. The van der Waals surface area contributed by atoms with E-state index in [0.717, 1.165) is 23.0 Å². The van der Waals surface area contributed by atoms with Gasteiger partial charge in [0.25, 0.3) is 5.56 Å². The van der Waals surface area contributed by atoms with E-state index in [1.807, 2.05) is 0 Å². The number of sulfone groups is 1. The molecule has 0 aliphatic carbocycles. The summed E-state index contributed by atoms with van der Waals surface area (Å²) in [5, 5.41) is 2.78. The van der Waals surface area contributed by atoms with Crippen molar-refractivity contribution in [1.29, 1.82) is 0 Å². The smallest absolute Gasteiger partial charge is 0.261 e. The van der Waals surface area contributed by atoms with Crippen LogP contribution in [0.2, 0.25) is 0 Å². The zero-order chi connectivity index (χ0) is 18.9. The van der Waals surface area contributed by atoms with Gasteiger partial charge in [0, 0.05) is 18.0 Å². The second-order valence-corrected chi connectivity index (χ2v) is 7.70. The Morgan fingerprint density at radius 2 is 1.88 bits per heavy atom. The number of anilines is 1. The molecule has 0 saturated carbocycles. The lowest BCUT2D eigenvalue weighted by atomic mass is 10.2. The van der Waals surface area contributed by atoms with Crippen molar-refractivity contribution in [2.24, 2.45) is 0 Å². The fourth-order valence-corrected chi connectivity index (χ4v) is 3.02. The summed E-state index contributed by atoms with van der Waals surface area (Å²) >= 11 is 0. The minimum Gasteiger partial charge on any atom is -0.325 e. The third-order valence-corrected chi connectivity index (χ3v) is 4.80. The average molecular weight is 375 g/mol. The molecular formula is C17H14FN3O4S. The summed E-state index contributed by atoms with van der Waals surface area (Å²) in [4.78, 5) is 28.6. The molecule has 3 rings (SSSR count). The van der Waals surface area contributed by atoms with Crippen LogP contribution in [0.15, 0.2) is 58.5 Å². The fraction of sp³-hybridized carbons (Fsp3) is 0.118. The highest BCUT2D eigenvalue weighted by Gasteiger charge is 2.10. The van der Waals surface area contributed by atoms with Crippen LogP contribution in [-0.4, -0.2) is 30.1 Å². The Morgan fingerprint density at radius 3 is 2.54 bits per heavy atom. The lowest BCUT2D eigenvalue weighted by Gasteiger charge is -2.08. The summed E-state index contributed by atoms with van der Waals surface area (Å²) in [5.41, 5.74) is 0.145. The van der Waals surface area contributed by atoms with Crippen LogP contribution in [0.3, 0.4) is 0 Å². The summed E-state index contributed by atoms with van der Waals surface area (Å²) < 4.78 is 37.1. The molecule has 3 aromatic rings. The van der Waals surface area contributed by atoms with E-state index in [0.29, 0.717) is 5.69 Å². The second-order valence-electron chi connectivity index (χ2n) is 5.68. The van der Waals surface area contributed by atoms with Crippen LogP contribution in [0.1, 0.15) is 0 Å². The summed E-state index contributed by atoms with van der Waals surface area (Å²) in [6.07, 6.45) is 2.27. The summed E-state index contributed by atoms with van der Waals surface area (Å²) in [5.74, 6) is -0.986. The number of amides is 1. The number of aromatic nitrogens is 2. The van der Waals surface area contributed by atoms with Gasteiger partial charge in [0.05, 0.1) is 22.1 Å². The van der Waals surface area contributed by atoms with Gasteiger partial charge in [-0.15, -0.1) is 0 Å². The number of fused-ring (bicyclic) bond motifs is 1. The first-order valence-corrected chi connectivity index (χ1v) is 9.38. The van der Waals surface area contributed by atoms with E-state index in [4.69, 9.17) is 0 Å². The van der Waals surface area contributed by atoms with Crippen molar-refractivity contribution in [3.63, 3.8) is 0 Å². The van der Waals surface area contributed by atoms with Crippen LogP contribution in [0.25, 0.3) is 10.9 Å². The van der Waals surface area contributed by atoms with E-state index in [1.54, 1.807) is 0 Å². The minimum atomic E-state index is -3.32. The Balaban J connectivity index is 1.78. The van der Waals surface area contributed by atoms with Gasteiger partial charge in [-0.05, 0) is 36.4 Å². The van der Waals surface area contributed by atoms with Crippen molar-refractivity contribution in [1.82, 2.24) is 9.55 Å². The monoisotopic (exact) mass is 375 g/mol. The number of hydrogen-bond acceptors (Lipinski definition) is 5. The average Bonchev–Trinajstić information content (AvgIpc) is 2.57. The van der Waals surface area contributed by atoms with E-state index in [2.05, 4.69) is 10.3 Å². The van der Waals surface area contributed by atoms with Crippen molar-refractivity contribution in [3.05, 3.63) is 65.0 Å². The third kappa shape index (κ3) is 3.77. The Kier molecular flexibility index (Phi) is 4.56. The highest BCUT2D eigenvalue weighted by Crippen LogP contribution is 2.14. The SMILES string of the molecule is CS(=O)(=O)c1ccc(NC(=O)Cn2cnc3cc(F)ccc3c2=O)cc1. The molecule has 2 aromatic carbocycles. The molecule has 0 aliphatic heterocycles. The predicted molar refractivity (Wildman–Crippen MR) is 94.1 cm³/mol. The first kappa shape index (κ1) is 17.7. The van der Waals surface area contributed by atoms with Crippen molar-refractivity contribution in [2.45, 2.75) is 11.4 Å². The maximum absolute atomic E-state index is 13.2. The zero-order valence-corrected chi connectivity index (χ0v) is 14.5. The number of nitrogens with one attached hydrogen (secondary N) is 1. The Hall–Kier alpha value is -3.07. The Morgan fingerprint density at radius 1 is 1.19 bits per heavy atom. The molecule has 7 nitrogen and oxygen atoms in total. The molecule has 0 fully saturated rings. The highest BCUT2D eigenvalue weighted by atomic mass is 32.2. The number of rotatable bonds is 4. The molecule has 9 heteroatoms. The standard InChI is InChI=1S/C17H14FN3O4S/c1-26(24,25)13-5-3-12(4-6-13)20-16(22)9-21-10-19-15-8-11(18)2-7-14(15)17(21)23/h2-8,10H,9H2,1H3,(H,20,22). The topological polar surface area (TPSA) is 98.1 Å². The van der Waals surface area contributed by atoms with Gasteiger partial charge in [-0.3, -0.25) is 14.2 Å². The van der Waals surface area contributed by atoms with Gasteiger partial charge >= 0.3 is 0 Å². The lowest BCUT2D eigenvalue weighted by molar-refractivity contribution is -0.116. The largest absolute Gasteiger partial charge is 0.325 e. The quantitative estimate of drug-likeness (QED) is 0.747. The van der Waals surface area contributed by atoms with Crippen molar-refractivity contribution in [2.75, 3.05) is 11.6 Å². The van der Waals surface area contributed by atoms with Crippen molar-refractivity contribution >= 4 is 32.3 Å². The van der Waals surface area contributed by atoms with Gasteiger partial charge in [0.15, 0.2) is 9.84 Å². The molecule has 0 unspecified atom stereocenters. The van der Waals surface area contributed by atoms with Crippen LogP contribution in [0.5, 0.6) is 0 Å².